The largest absolute Gasteiger partial charge is 0.496 e. The Labute approximate surface area is 210 Å². The third kappa shape index (κ3) is 5.38. The Morgan fingerprint density at radius 2 is 1.47 bits per heavy atom. The summed E-state index contributed by atoms with van der Waals surface area (Å²) >= 11 is 0. The predicted molar refractivity (Wildman–Crippen MR) is 140 cm³/mol. The van der Waals surface area contributed by atoms with Gasteiger partial charge in [0.2, 0.25) is 0 Å². The molecular formula is C28H27N5O3. The maximum Gasteiger partial charge on any atom is 0.321 e. The number of methoxy groups -OCH3 is 1. The molecule has 1 aromatic heterocycles. The average molecular weight is 482 g/mol. The number of benzene rings is 3. The van der Waals surface area contributed by atoms with Crippen molar-refractivity contribution in [1.82, 2.24) is 15.1 Å². The van der Waals surface area contributed by atoms with Crippen LogP contribution in [0.4, 0.5) is 16.3 Å². The minimum Gasteiger partial charge on any atom is -0.496 e. The normalized spacial score (nSPS) is 13.2. The van der Waals surface area contributed by atoms with E-state index in [0.29, 0.717) is 31.9 Å². The Bertz CT molecular complexity index is 1290. The van der Waals surface area contributed by atoms with Gasteiger partial charge in [-0.2, -0.15) is 0 Å². The summed E-state index contributed by atoms with van der Waals surface area (Å²) < 4.78 is 11.2. The first kappa shape index (κ1) is 23.2. The zero-order chi connectivity index (χ0) is 24.7. The van der Waals surface area contributed by atoms with Crippen molar-refractivity contribution in [3.05, 3.63) is 91.0 Å². The van der Waals surface area contributed by atoms with Crippen LogP contribution in [0.25, 0.3) is 11.3 Å². The first-order valence-electron chi connectivity index (χ1n) is 11.8. The van der Waals surface area contributed by atoms with E-state index in [0.717, 1.165) is 34.3 Å². The van der Waals surface area contributed by atoms with Crippen LogP contribution in [-0.4, -0.2) is 54.4 Å². The summed E-state index contributed by atoms with van der Waals surface area (Å²) in [4.78, 5) is 16.7. The zero-order valence-corrected chi connectivity index (χ0v) is 20.0. The molecule has 4 aromatic rings. The summed E-state index contributed by atoms with van der Waals surface area (Å²) in [6.45, 7) is 2.55. The van der Waals surface area contributed by atoms with E-state index in [4.69, 9.17) is 9.47 Å². The van der Waals surface area contributed by atoms with E-state index >= 15 is 0 Å². The highest BCUT2D eigenvalue weighted by molar-refractivity contribution is 5.89. The maximum absolute atomic E-state index is 12.8. The van der Waals surface area contributed by atoms with Gasteiger partial charge in [0.1, 0.15) is 17.2 Å². The van der Waals surface area contributed by atoms with Gasteiger partial charge in [-0.05, 0) is 60.7 Å². The number of nitrogens with zero attached hydrogens (tertiary/aromatic N) is 4. The lowest BCUT2D eigenvalue weighted by Crippen LogP contribution is -2.50. The second kappa shape index (κ2) is 10.8. The third-order valence-corrected chi connectivity index (χ3v) is 6.01. The number of rotatable bonds is 6. The lowest BCUT2D eigenvalue weighted by Gasteiger charge is -2.35. The number of amides is 2. The van der Waals surface area contributed by atoms with Gasteiger partial charge in [-0.3, -0.25) is 0 Å². The molecule has 5 rings (SSSR count). The fourth-order valence-corrected chi connectivity index (χ4v) is 4.07. The Morgan fingerprint density at radius 1 is 0.778 bits per heavy atom. The fourth-order valence-electron chi connectivity index (χ4n) is 4.07. The summed E-state index contributed by atoms with van der Waals surface area (Å²) in [5, 5.41) is 11.8. The molecule has 0 atom stereocenters. The lowest BCUT2D eigenvalue weighted by atomic mass is 10.1. The van der Waals surface area contributed by atoms with E-state index in [1.807, 2.05) is 95.9 Å². The zero-order valence-electron chi connectivity index (χ0n) is 20.0. The third-order valence-electron chi connectivity index (χ3n) is 6.01. The first-order chi connectivity index (χ1) is 17.7. The molecule has 0 bridgehead atoms. The second-order valence-electron chi connectivity index (χ2n) is 8.32. The Balaban J connectivity index is 1.13. The van der Waals surface area contributed by atoms with Gasteiger partial charge in [0.25, 0.3) is 0 Å². The number of carbonyl (C=O) groups excluding carboxylic acids is 1. The number of hydrogen-bond donors (Lipinski definition) is 1. The number of para-hydroxylation sites is 2. The molecule has 0 unspecified atom stereocenters. The summed E-state index contributed by atoms with van der Waals surface area (Å²) in [5.41, 5.74) is 2.38. The van der Waals surface area contributed by atoms with Crippen molar-refractivity contribution in [2.45, 2.75) is 0 Å². The molecule has 0 radical (unpaired) electrons. The van der Waals surface area contributed by atoms with Crippen molar-refractivity contribution in [3.63, 3.8) is 0 Å². The van der Waals surface area contributed by atoms with E-state index in [1.165, 1.54) is 0 Å². The van der Waals surface area contributed by atoms with Gasteiger partial charge in [0.05, 0.1) is 12.8 Å². The molecule has 3 aromatic carbocycles. The van der Waals surface area contributed by atoms with Crippen LogP contribution in [0.15, 0.2) is 91.0 Å². The Kier molecular flexibility index (Phi) is 6.93. The number of anilines is 2. The van der Waals surface area contributed by atoms with Gasteiger partial charge in [-0.15, -0.1) is 10.2 Å². The van der Waals surface area contributed by atoms with Crippen molar-refractivity contribution in [2.75, 3.05) is 43.5 Å². The number of carbonyl (C=O) groups is 1. The van der Waals surface area contributed by atoms with Crippen LogP contribution in [0, 0.1) is 0 Å². The van der Waals surface area contributed by atoms with E-state index in [1.54, 1.807) is 7.11 Å². The van der Waals surface area contributed by atoms with Gasteiger partial charge in [0, 0.05) is 37.4 Å². The first-order valence-corrected chi connectivity index (χ1v) is 11.8. The van der Waals surface area contributed by atoms with Crippen LogP contribution in [0.5, 0.6) is 17.2 Å². The molecule has 2 amide bonds. The molecule has 1 aliphatic rings. The molecule has 8 heteroatoms. The van der Waals surface area contributed by atoms with E-state index in [2.05, 4.69) is 20.4 Å². The van der Waals surface area contributed by atoms with Crippen LogP contribution in [0.3, 0.4) is 0 Å². The molecule has 1 aliphatic heterocycles. The van der Waals surface area contributed by atoms with E-state index in [9.17, 15) is 4.79 Å². The van der Waals surface area contributed by atoms with Crippen LogP contribution in [-0.2, 0) is 0 Å². The molecule has 0 saturated carbocycles. The predicted octanol–water partition coefficient (Wildman–Crippen LogP) is 5.30. The highest BCUT2D eigenvalue weighted by Gasteiger charge is 2.22. The summed E-state index contributed by atoms with van der Waals surface area (Å²) in [5.74, 6) is 3.04. The molecule has 1 N–H and O–H groups in total. The number of ether oxygens (including phenoxy) is 2. The monoisotopic (exact) mass is 481 g/mol. The minimum atomic E-state index is -0.121. The number of hydrogen-bond acceptors (Lipinski definition) is 6. The molecule has 1 saturated heterocycles. The van der Waals surface area contributed by atoms with E-state index < -0.39 is 0 Å². The Morgan fingerprint density at radius 3 is 2.17 bits per heavy atom. The SMILES string of the molecule is COc1ccccc1-c1ccc(N2CCN(C(=O)Nc3ccc(Oc4ccccc4)cc3)CC2)nn1. The molecule has 182 valence electrons. The molecule has 1 fully saturated rings. The van der Waals surface area contributed by atoms with Crippen molar-refractivity contribution < 1.29 is 14.3 Å². The molecule has 0 spiro atoms. The van der Waals surface area contributed by atoms with Crippen molar-refractivity contribution in [3.8, 4) is 28.5 Å². The summed E-state index contributed by atoms with van der Waals surface area (Å²) in [6, 6.07) is 28.5. The molecule has 0 aliphatic carbocycles. The van der Waals surface area contributed by atoms with Gasteiger partial charge in [-0.25, -0.2) is 4.79 Å². The van der Waals surface area contributed by atoms with E-state index in [-0.39, 0.29) is 6.03 Å². The quantitative estimate of drug-likeness (QED) is 0.403. The Hall–Kier alpha value is -4.59. The highest BCUT2D eigenvalue weighted by atomic mass is 16.5. The highest BCUT2D eigenvalue weighted by Crippen LogP contribution is 2.28. The summed E-state index contributed by atoms with van der Waals surface area (Å²) in [6.07, 6.45) is 0. The van der Waals surface area contributed by atoms with Gasteiger partial charge < -0.3 is 24.6 Å². The maximum atomic E-state index is 12.8. The molecule has 8 nitrogen and oxygen atoms in total. The smallest absolute Gasteiger partial charge is 0.321 e. The average Bonchev–Trinajstić information content (AvgIpc) is 2.95. The number of aromatic nitrogens is 2. The van der Waals surface area contributed by atoms with Crippen molar-refractivity contribution in [1.29, 1.82) is 0 Å². The standard InChI is InChI=1S/C28H27N5O3/c1-35-26-10-6-5-9-24(26)25-15-16-27(31-30-25)32-17-19-33(20-18-32)28(34)29-21-11-13-23(14-12-21)36-22-7-3-2-4-8-22/h2-16H,17-20H2,1H3,(H,29,34). The number of urea groups is 1. The summed E-state index contributed by atoms with van der Waals surface area (Å²) in [7, 11) is 1.64. The van der Waals surface area contributed by atoms with Crippen molar-refractivity contribution >= 4 is 17.5 Å². The number of nitrogens with one attached hydrogen (secondary N) is 1. The van der Waals surface area contributed by atoms with Gasteiger partial charge >= 0.3 is 6.03 Å². The van der Waals surface area contributed by atoms with Crippen LogP contribution < -0.4 is 19.7 Å². The second-order valence-corrected chi connectivity index (χ2v) is 8.32. The van der Waals surface area contributed by atoms with Crippen LogP contribution >= 0.6 is 0 Å². The van der Waals surface area contributed by atoms with Gasteiger partial charge in [0.15, 0.2) is 5.82 Å². The molecule has 36 heavy (non-hydrogen) atoms. The molecular weight excluding hydrogens is 454 g/mol. The van der Waals surface area contributed by atoms with Crippen molar-refractivity contribution in [2.24, 2.45) is 0 Å². The topological polar surface area (TPSA) is 79.8 Å². The number of piperazine rings is 1. The fraction of sp³-hybridized carbons (Fsp3) is 0.179. The van der Waals surface area contributed by atoms with Crippen LogP contribution in [0.1, 0.15) is 0 Å². The van der Waals surface area contributed by atoms with Crippen LogP contribution in [0.2, 0.25) is 0 Å². The molecule has 2 heterocycles. The van der Waals surface area contributed by atoms with Gasteiger partial charge in [-0.1, -0.05) is 30.3 Å². The lowest BCUT2D eigenvalue weighted by molar-refractivity contribution is 0.208. The minimum absolute atomic E-state index is 0.121.